The zero-order valence-electron chi connectivity index (χ0n) is 13.6. The third-order valence-electron chi connectivity index (χ3n) is 3.72. The lowest BCUT2D eigenvalue weighted by Crippen LogP contribution is -2.33. The fraction of sp³-hybridized carbons (Fsp3) is 0.294. The van der Waals surface area contributed by atoms with E-state index in [0.29, 0.717) is 34.5 Å². The van der Waals surface area contributed by atoms with Crippen LogP contribution in [0.3, 0.4) is 0 Å². The van der Waals surface area contributed by atoms with Crippen LogP contribution in [-0.4, -0.2) is 22.1 Å². The first-order chi connectivity index (χ1) is 11.5. The molecule has 3 heterocycles. The number of hydrogen-bond acceptors (Lipinski definition) is 6. The molecule has 6 nitrogen and oxygen atoms in total. The Morgan fingerprint density at radius 3 is 2.88 bits per heavy atom. The molecule has 1 atom stereocenters. The van der Waals surface area contributed by atoms with E-state index in [1.54, 1.807) is 24.3 Å². The van der Waals surface area contributed by atoms with Crippen molar-refractivity contribution in [1.82, 2.24) is 15.5 Å². The first kappa shape index (κ1) is 16.1. The number of amides is 1. The van der Waals surface area contributed by atoms with Gasteiger partial charge in [0.05, 0.1) is 33.3 Å². The molecule has 122 valence electrons. The van der Waals surface area contributed by atoms with Gasteiger partial charge in [-0.25, -0.2) is 4.98 Å². The summed E-state index contributed by atoms with van der Waals surface area (Å²) in [6, 6.07) is 7.23. The second kappa shape index (κ2) is 6.42. The number of nitrogens with one attached hydrogen (secondary N) is 1. The molecule has 3 aromatic rings. The van der Waals surface area contributed by atoms with E-state index in [1.807, 2.05) is 26.0 Å². The number of pyridine rings is 1. The number of hydrogen-bond donors (Lipinski definition) is 1. The highest BCUT2D eigenvalue weighted by Crippen LogP contribution is 2.31. The number of nitriles is 1. The Morgan fingerprint density at radius 1 is 1.46 bits per heavy atom. The van der Waals surface area contributed by atoms with Crippen molar-refractivity contribution in [3.05, 3.63) is 34.3 Å². The highest BCUT2D eigenvalue weighted by Gasteiger charge is 2.21. The smallest absolute Gasteiger partial charge is 0.259 e. The van der Waals surface area contributed by atoms with Gasteiger partial charge >= 0.3 is 0 Å². The molecule has 0 aliphatic heterocycles. The van der Waals surface area contributed by atoms with Gasteiger partial charge in [-0.15, -0.1) is 11.3 Å². The monoisotopic (exact) mass is 340 g/mol. The Hall–Kier alpha value is -2.72. The van der Waals surface area contributed by atoms with Gasteiger partial charge in [0.15, 0.2) is 0 Å². The molecule has 0 spiro atoms. The van der Waals surface area contributed by atoms with Gasteiger partial charge in [-0.3, -0.25) is 4.79 Å². The fourth-order valence-corrected chi connectivity index (χ4v) is 3.26. The summed E-state index contributed by atoms with van der Waals surface area (Å²) in [5.41, 5.74) is 2.01. The number of aromatic nitrogens is 2. The Balaban J connectivity index is 2.12. The minimum absolute atomic E-state index is 0.323. The molecule has 3 aromatic heterocycles. The Bertz CT molecular complexity index is 951. The third kappa shape index (κ3) is 2.88. The average Bonchev–Trinajstić information content (AvgIpc) is 3.18. The summed E-state index contributed by atoms with van der Waals surface area (Å²) < 4.78 is 5.26. The van der Waals surface area contributed by atoms with Crippen LogP contribution in [0.15, 0.2) is 22.7 Å². The summed E-state index contributed by atoms with van der Waals surface area (Å²) in [6.45, 7) is 5.62. The zero-order chi connectivity index (χ0) is 17.3. The predicted octanol–water partition coefficient (Wildman–Crippen LogP) is 3.60. The maximum atomic E-state index is 12.7. The molecule has 0 aromatic carbocycles. The van der Waals surface area contributed by atoms with Crippen LogP contribution < -0.4 is 5.32 Å². The highest BCUT2D eigenvalue weighted by molar-refractivity contribution is 7.15. The molecule has 1 N–H and O–H groups in total. The zero-order valence-corrected chi connectivity index (χ0v) is 14.4. The van der Waals surface area contributed by atoms with Gasteiger partial charge in [0.25, 0.3) is 11.6 Å². The first-order valence-electron chi connectivity index (χ1n) is 7.57. The number of nitrogens with zero attached hydrogens (tertiary/aromatic N) is 3. The normalized spacial score (nSPS) is 12.1. The van der Waals surface area contributed by atoms with Gasteiger partial charge in [-0.2, -0.15) is 5.26 Å². The van der Waals surface area contributed by atoms with Crippen LogP contribution in [-0.2, 0) is 0 Å². The van der Waals surface area contributed by atoms with Crippen molar-refractivity contribution in [3.63, 3.8) is 0 Å². The second-order valence-corrected chi connectivity index (χ2v) is 6.76. The van der Waals surface area contributed by atoms with Crippen LogP contribution in [0.5, 0.6) is 0 Å². The molecule has 0 radical (unpaired) electrons. The van der Waals surface area contributed by atoms with Crippen molar-refractivity contribution in [1.29, 1.82) is 5.26 Å². The molecule has 1 amide bonds. The van der Waals surface area contributed by atoms with Gasteiger partial charge in [0, 0.05) is 4.88 Å². The Labute approximate surface area is 143 Å². The molecule has 0 fully saturated rings. The lowest BCUT2D eigenvalue weighted by atomic mass is 10.1. The standard InChI is InChI=1S/C17H16N4O2S/c1-4-11(8-18)19-16(22)12-7-13(14-6-5-9(2)24-14)20-17-15(12)10(3)21-23-17/h5-7,11H,4H2,1-3H3,(H,19,22)/t11-/m0/s1. The summed E-state index contributed by atoms with van der Waals surface area (Å²) in [7, 11) is 0. The minimum atomic E-state index is -0.534. The van der Waals surface area contributed by atoms with Crippen molar-refractivity contribution in [3.8, 4) is 16.6 Å². The van der Waals surface area contributed by atoms with Crippen LogP contribution in [0.4, 0.5) is 0 Å². The van der Waals surface area contributed by atoms with E-state index in [4.69, 9.17) is 9.78 Å². The highest BCUT2D eigenvalue weighted by atomic mass is 32.1. The number of fused-ring (bicyclic) bond motifs is 1. The summed E-state index contributed by atoms with van der Waals surface area (Å²) in [5.74, 6) is -0.323. The molecule has 0 saturated heterocycles. The van der Waals surface area contributed by atoms with E-state index in [9.17, 15) is 4.79 Å². The quantitative estimate of drug-likeness (QED) is 0.783. The molecule has 3 rings (SSSR count). The van der Waals surface area contributed by atoms with Gasteiger partial charge in [0.1, 0.15) is 6.04 Å². The first-order valence-corrected chi connectivity index (χ1v) is 8.39. The maximum absolute atomic E-state index is 12.7. The molecule has 0 unspecified atom stereocenters. The molecule has 0 aliphatic rings. The lowest BCUT2D eigenvalue weighted by molar-refractivity contribution is 0.0946. The van der Waals surface area contributed by atoms with Crippen molar-refractivity contribution >= 4 is 28.3 Å². The number of carbonyl (C=O) groups is 1. The SMILES string of the molecule is CC[C@@H](C#N)NC(=O)c1cc(-c2ccc(C)s2)nc2onc(C)c12. The number of aryl methyl sites for hydroxylation is 2. The van der Waals surface area contributed by atoms with Crippen molar-refractivity contribution in [2.24, 2.45) is 0 Å². The average molecular weight is 340 g/mol. The van der Waals surface area contributed by atoms with E-state index < -0.39 is 6.04 Å². The lowest BCUT2D eigenvalue weighted by Gasteiger charge is -2.10. The molecular weight excluding hydrogens is 324 g/mol. The third-order valence-corrected chi connectivity index (χ3v) is 4.75. The van der Waals surface area contributed by atoms with Crippen LogP contribution in [0.2, 0.25) is 0 Å². The Kier molecular flexibility index (Phi) is 4.32. The fourth-order valence-electron chi connectivity index (χ4n) is 2.43. The van der Waals surface area contributed by atoms with Gasteiger partial charge in [-0.05, 0) is 38.5 Å². The number of carbonyl (C=O) groups excluding carboxylic acids is 1. The largest absolute Gasteiger partial charge is 0.336 e. The van der Waals surface area contributed by atoms with Crippen molar-refractivity contribution in [2.45, 2.75) is 33.2 Å². The van der Waals surface area contributed by atoms with E-state index in [1.165, 1.54) is 0 Å². The molecule has 0 saturated carbocycles. The number of rotatable bonds is 4. The maximum Gasteiger partial charge on any atom is 0.259 e. The van der Waals surface area contributed by atoms with Crippen LogP contribution >= 0.6 is 11.3 Å². The van der Waals surface area contributed by atoms with E-state index in [-0.39, 0.29) is 5.91 Å². The topological polar surface area (TPSA) is 91.8 Å². The van der Waals surface area contributed by atoms with E-state index in [2.05, 4.69) is 21.5 Å². The molecular formula is C17H16N4O2S. The van der Waals surface area contributed by atoms with Crippen LogP contribution in [0.1, 0.15) is 34.3 Å². The second-order valence-electron chi connectivity index (χ2n) is 5.48. The molecule has 0 aliphatic carbocycles. The van der Waals surface area contributed by atoms with Gasteiger partial charge < -0.3 is 9.84 Å². The molecule has 0 bridgehead atoms. The van der Waals surface area contributed by atoms with Gasteiger partial charge in [0.2, 0.25) is 0 Å². The predicted molar refractivity (Wildman–Crippen MR) is 91.7 cm³/mol. The Morgan fingerprint density at radius 2 is 2.25 bits per heavy atom. The van der Waals surface area contributed by atoms with Crippen LogP contribution in [0, 0.1) is 25.2 Å². The van der Waals surface area contributed by atoms with Crippen molar-refractivity contribution < 1.29 is 9.32 Å². The molecule has 7 heteroatoms. The number of thiophene rings is 1. The summed E-state index contributed by atoms with van der Waals surface area (Å²) in [6.07, 6.45) is 0.538. The van der Waals surface area contributed by atoms with E-state index >= 15 is 0 Å². The van der Waals surface area contributed by atoms with Crippen LogP contribution in [0.25, 0.3) is 21.7 Å². The minimum Gasteiger partial charge on any atom is -0.336 e. The summed E-state index contributed by atoms with van der Waals surface area (Å²) in [4.78, 5) is 19.3. The van der Waals surface area contributed by atoms with E-state index in [0.717, 1.165) is 9.75 Å². The van der Waals surface area contributed by atoms with Crippen molar-refractivity contribution in [2.75, 3.05) is 0 Å². The summed E-state index contributed by atoms with van der Waals surface area (Å²) in [5, 5.41) is 16.3. The molecule has 24 heavy (non-hydrogen) atoms. The van der Waals surface area contributed by atoms with Gasteiger partial charge in [-0.1, -0.05) is 12.1 Å². The summed E-state index contributed by atoms with van der Waals surface area (Å²) >= 11 is 1.59.